The minimum Gasteiger partial charge on any atom is -0.496 e. The smallest absolute Gasteiger partial charge is 0.496 e. The SMILES string of the molecule is COc1cccc(OC)c1C1N(Cc2ccc(OC(F)(F)F)cc2)C=CS1=O. The van der Waals surface area contributed by atoms with Gasteiger partial charge in [0.05, 0.1) is 30.6 Å². The van der Waals surface area contributed by atoms with Gasteiger partial charge in [0.2, 0.25) is 0 Å². The lowest BCUT2D eigenvalue weighted by Gasteiger charge is -2.27. The molecule has 28 heavy (non-hydrogen) atoms. The normalized spacial score (nSPS) is 19.0. The van der Waals surface area contributed by atoms with Crippen LogP contribution in [-0.4, -0.2) is 29.7 Å². The molecule has 1 aliphatic heterocycles. The number of ether oxygens (including phenoxy) is 3. The largest absolute Gasteiger partial charge is 0.573 e. The average molecular weight is 413 g/mol. The molecule has 0 fully saturated rings. The average Bonchev–Trinajstić information content (AvgIpc) is 3.01. The van der Waals surface area contributed by atoms with E-state index < -0.39 is 22.5 Å². The Balaban J connectivity index is 1.85. The van der Waals surface area contributed by atoms with E-state index >= 15 is 0 Å². The highest BCUT2D eigenvalue weighted by Gasteiger charge is 2.33. The Morgan fingerprint density at radius 1 is 1.04 bits per heavy atom. The van der Waals surface area contributed by atoms with E-state index in [4.69, 9.17) is 9.47 Å². The number of benzene rings is 2. The summed E-state index contributed by atoms with van der Waals surface area (Å²) >= 11 is 0. The van der Waals surface area contributed by atoms with Crippen molar-refractivity contribution in [2.75, 3.05) is 14.2 Å². The van der Waals surface area contributed by atoms with Crippen LogP contribution in [0.5, 0.6) is 17.2 Å². The molecule has 0 saturated carbocycles. The Bertz CT molecular complexity index is 861. The topological polar surface area (TPSA) is 48.0 Å². The van der Waals surface area contributed by atoms with E-state index in [-0.39, 0.29) is 5.75 Å². The van der Waals surface area contributed by atoms with Crippen LogP contribution in [0.15, 0.2) is 54.1 Å². The molecule has 2 unspecified atom stereocenters. The summed E-state index contributed by atoms with van der Waals surface area (Å²) in [5, 5.41) is 1.02. The highest BCUT2D eigenvalue weighted by atomic mass is 32.2. The molecule has 1 aliphatic rings. The van der Waals surface area contributed by atoms with E-state index in [0.29, 0.717) is 23.6 Å². The third kappa shape index (κ3) is 4.41. The van der Waals surface area contributed by atoms with E-state index in [1.807, 2.05) is 4.90 Å². The maximum Gasteiger partial charge on any atom is 0.573 e. The summed E-state index contributed by atoms with van der Waals surface area (Å²) < 4.78 is 64.3. The van der Waals surface area contributed by atoms with Crippen molar-refractivity contribution in [3.05, 3.63) is 65.2 Å². The lowest BCUT2D eigenvalue weighted by atomic mass is 10.1. The number of alkyl halides is 3. The first kappa shape index (κ1) is 20.1. The van der Waals surface area contributed by atoms with Gasteiger partial charge in [0.1, 0.15) is 22.6 Å². The molecule has 2 aromatic rings. The van der Waals surface area contributed by atoms with E-state index in [1.54, 1.807) is 29.8 Å². The standard InChI is InChI=1S/C19H18F3NO4S/c1-25-15-4-3-5-16(26-2)17(15)18-23(10-11-28(18)24)12-13-6-8-14(9-7-13)27-19(20,21)22/h3-11,18H,12H2,1-2H3. The van der Waals surface area contributed by atoms with Crippen LogP contribution in [0.4, 0.5) is 13.2 Å². The van der Waals surface area contributed by atoms with Crippen LogP contribution in [0, 0.1) is 0 Å². The third-order valence-electron chi connectivity index (χ3n) is 4.14. The van der Waals surface area contributed by atoms with Gasteiger partial charge < -0.3 is 19.1 Å². The molecule has 0 N–H and O–H groups in total. The monoisotopic (exact) mass is 413 g/mol. The van der Waals surface area contributed by atoms with Gasteiger partial charge in [0.15, 0.2) is 0 Å². The molecule has 1 heterocycles. The number of hydrogen-bond donors (Lipinski definition) is 0. The van der Waals surface area contributed by atoms with Crippen molar-refractivity contribution in [2.45, 2.75) is 18.3 Å². The summed E-state index contributed by atoms with van der Waals surface area (Å²) in [4.78, 5) is 1.83. The van der Waals surface area contributed by atoms with Crippen LogP contribution in [0.1, 0.15) is 16.5 Å². The molecule has 0 saturated heterocycles. The summed E-state index contributed by atoms with van der Waals surface area (Å²) in [6.07, 6.45) is -3.03. The minimum absolute atomic E-state index is 0.292. The molecule has 150 valence electrons. The highest BCUT2D eigenvalue weighted by molar-refractivity contribution is 7.88. The van der Waals surface area contributed by atoms with E-state index in [1.165, 1.54) is 38.5 Å². The van der Waals surface area contributed by atoms with Crippen molar-refractivity contribution < 1.29 is 31.6 Å². The summed E-state index contributed by atoms with van der Waals surface area (Å²) in [5.74, 6) is 0.792. The highest BCUT2D eigenvalue weighted by Crippen LogP contribution is 2.42. The van der Waals surface area contributed by atoms with Gasteiger partial charge in [0, 0.05) is 18.2 Å². The van der Waals surface area contributed by atoms with E-state index in [0.717, 1.165) is 5.56 Å². The van der Waals surface area contributed by atoms with Gasteiger partial charge in [-0.25, -0.2) is 0 Å². The zero-order valence-electron chi connectivity index (χ0n) is 15.1. The number of methoxy groups -OCH3 is 2. The molecule has 0 aliphatic carbocycles. The van der Waals surface area contributed by atoms with E-state index in [9.17, 15) is 17.4 Å². The summed E-state index contributed by atoms with van der Waals surface area (Å²) in [6, 6.07) is 10.9. The number of nitrogens with zero attached hydrogens (tertiary/aromatic N) is 1. The van der Waals surface area contributed by atoms with Gasteiger partial charge >= 0.3 is 6.36 Å². The summed E-state index contributed by atoms with van der Waals surface area (Å²) in [7, 11) is 1.70. The Hall–Kier alpha value is -2.68. The predicted octanol–water partition coefficient (Wildman–Crippen LogP) is 4.34. The van der Waals surface area contributed by atoms with Crippen LogP contribution < -0.4 is 14.2 Å². The Labute approximate surface area is 162 Å². The zero-order valence-corrected chi connectivity index (χ0v) is 15.9. The summed E-state index contributed by atoms with van der Waals surface area (Å²) in [5.41, 5.74) is 1.38. The van der Waals surface area contributed by atoms with Crippen molar-refractivity contribution in [3.63, 3.8) is 0 Å². The van der Waals surface area contributed by atoms with Crippen LogP contribution in [0.25, 0.3) is 0 Å². The van der Waals surface area contributed by atoms with Crippen LogP contribution >= 0.6 is 0 Å². The zero-order chi connectivity index (χ0) is 20.3. The van der Waals surface area contributed by atoms with Gasteiger partial charge in [0.25, 0.3) is 0 Å². The van der Waals surface area contributed by atoms with Gasteiger partial charge in [-0.3, -0.25) is 4.21 Å². The molecule has 0 amide bonds. The second-order valence-corrected chi connectivity index (χ2v) is 7.28. The molecular weight excluding hydrogens is 395 g/mol. The maximum absolute atomic E-state index is 12.6. The Morgan fingerprint density at radius 3 is 2.18 bits per heavy atom. The van der Waals surface area contributed by atoms with Gasteiger partial charge in [-0.2, -0.15) is 0 Å². The third-order valence-corrected chi connectivity index (χ3v) is 5.48. The fraction of sp³-hybridized carbons (Fsp3) is 0.263. The maximum atomic E-state index is 12.6. The molecule has 0 aromatic heterocycles. The lowest BCUT2D eigenvalue weighted by Crippen LogP contribution is -2.23. The number of halogens is 3. The molecule has 2 atom stereocenters. The van der Waals surface area contributed by atoms with Crippen LogP contribution in [-0.2, 0) is 17.3 Å². The van der Waals surface area contributed by atoms with Crippen molar-refractivity contribution in [1.29, 1.82) is 0 Å². The van der Waals surface area contributed by atoms with Crippen LogP contribution in [0.3, 0.4) is 0 Å². The second kappa shape index (κ2) is 8.14. The van der Waals surface area contributed by atoms with Crippen molar-refractivity contribution in [3.8, 4) is 17.2 Å². The van der Waals surface area contributed by atoms with Crippen LogP contribution in [0.2, 0.25) is 0 Å². The molecule has 0 radical (unpaired) electrons. The van der Waals surface area contributed by atoms with Crippen molar-refractivity contribution in [1.82, 2.24) is 4.90 Å². The Kier molecular flexibility index (Phi) is 5.83. The predicted molar refractivity (Wildman–Crippen MR) is 98.2 cm³/mol. The molecule has 0 spiro atoms. The second-order valence-electron chi connectivity index (χ2n) is 5.91. The number of rotatable bonds is 6. The molecule has 2 aromatic carbocycles. The molecule has 0 bridgehead atoms. The molecular formula is C19H18F3NO4S. The molecule has 3 rings (SSSR count). The minimum atomic E-state index is -4.73. The molecule has 5 nitrogen and oxygen atoms in total. The molecule has 9 heteroatoms. The van der Waals surface area contributed by atoms with Gasteiger partial charge in [-0.1, -0.05) is 18.2 Å². The summed E-state index contributed by atoms with van der Waals surface area (Å²) in [6.45, 7) is 0.334. The first-order valence-corrected chi connectivity index (χ1v) is 9.49. The van der Waals surface area contributed by atoms with Crippen molar-refractivity contribution in [2.24, 2.45) is 0 Å². The fourth-order valence-electron chi connectivity index (χ4n) is 2.97. The van der Waals surface area contributed by atoms with Gasteiger partial charge in [-0.15, -0.1) is 13.2 Å². The van der Waals surface area contributed by atoms with E-state index in [2.05, 4.69) is 4.74 Å². The van der Waals surface area contributed by atoms with Crippen molar-refractivity contribution >= 4 is 10.8 Å². The quantitative estimate of drug-likeness (QED) is 0.705. The number of hydrogen-bond acceptors (Lipinski definition) is 5. The first-order chi connectivity index (χ1) is 13.3. The Morgan fingerprint density at radius 2 is 1.64 bits per heavy atom. The fourth-order valence-corrected chi connectivity index (χ4v) is 4.27. The first-order valence-electron chi connectivity index (χ1n) is 8.21. The van der Waals surface area contributed by atoms with Gasteiger partial charge in [-0.05, 0) is 29.8 Å². The lowest BCUT2D eigenvalue weighted by molar-refractivity contribution is -0.274.